The van der Waals surface area contributed by atoms with Crippen LogP contribution in [0.25, 0.3) is 16.6 Å². The summed E-state index contributed by atoms with van der Waals surface area (Å²) in [6.07, 6.45) is 1.75. The SMILES string of the molecule is Cc1cc2cc(-c3ccc(F)cc3)cn2c(=O)[nH]1. The lowest BCUT2D eigenvalue weighted by Crippen LogP contribution is -2.15. The van der Waals surface area contributed by atoms with Gasteiger partial charge in [-0.3, -0.25) is 4.40 Å². The van der Waals surface area contributed by atoms with E-state index in [1.165, 1.54) is 12.1 Å². The Morgan fingerprint density at radius 1 is 1.11 bits per heavy atom. The number of fused-ring (bicyclic) bond motifs is 1. The summed E-state index contributed by atoms with van der Waals surface area (Å²) in [6, 6.07) is 10.0. The second kappa shape index (κ2) is 3.84. The Morgan fingerprint density at radius 2 is 1.83 bits per heavy atom. The highest BCUT2D eigenvalue weighted by Gasteiger charge is 2.05. The number of benzene rings is 1. The minimum Gasteiger partial charge on any atom is -0.311 e. The van der Waals surface area contributed by atoms with Gasteiger partial charge in [-0.25, -0.2) is 9.18 Å². The van der Waals surface area contributed by atoms with Gasteiger partial charge < -0.3 is 4.98 Å². The Bertz CT molecular complexity index is 769. The molecule has 0 aliphatic carbocycles. The predicted molar refractivity (Wildman–Crippen MR) is 68.1 cm³/mol. The van der Waals surface area contributed by atoms with Crippen LogP contribution >= 0.6 is 0 Å². The lowest BCUT2D eigenvalue weighted by atomic mass is 10.1. The van der Waals surface area contributed by atoms with Gasteiger partial charge in [0.25, 0.3) is 0 Å². The Labute approximate surface area is 103 Å². The number of hydrogen-bond donors (Lipinski definition) is 1. The number of nitrogens with one attached hydrogen (secondary N) is 1. The van der Waals surface area contributed by atoms with E-state index in [0.29, 0.717) is 0 Å². The number of aromatic nitrogens is 2. The highest BCUT2D eigenvalue weighted by atomic mass is 19.1. The summed E-state index contributed by atoms with van der Waals surface area (Å²) in [6.45, 7) is 1.84. The van der Waals surface area contributed by atoms with Crippen molar-refractivity contribution in [2.75, 3.05) is 0 Å². The van der Waals surface area contributed by atoms with Gasteiger partial charge in [0.1, 0.15) is 5.82 Å². The van der Waals surface area contributed by atoms with E-state index < -0.39 is 0 Å². The van der Waals surface area contributed by atoms with Crippen molar-refractivity contribution in [2.45, 2.75) is 6.92 Å². The van der Waals surface area contributed by atoms with Crippen molar-refractivity contribution in [3.63, 3.8) is 0 Å². The van der Waals surface area contributed by atoms with Crippen LogP contribution in [0.3, 0.4) is 0 Å². The molecule has 2 aromatic heterocycles. The first kappa shape index (κ1) is 10.8. The van der Waals surface area contributed by atoms with Crippen LogP contribution in [-0.4, -0.2) is 9.38 Å². The molecule has 0 unspecified atom stereocenters. The van der Waals surface area contributed by atoms with Crippen LogP contribution < -0.4 is 5.69 Å². The van der Waals surface area contributed by atoms with Crippen LogP contribution in [0.4, 0.5) is 4.39 Å². The van der Waals surface area contributed by atoms with Crippen LogP contribution in [0, 0.1) is 12.7 Å². The molecule has 0 amide bonds. The van der Waals surface area contributed by atoms with Crippen molar-refractivity contribution in [2.24, 2.45) is 0 Å². The Hall–Kier alpha value is -2.36. The number of halogens is 1. The number of nitrogens with zero attached hydrogens (tertiary/aromatic N) is 1. The van der Waals surface area contributed by atoms with Gasteiger partial charge in [0.2, 0.25) is 0 Å². The Kier molecular flexibility index (Phi) is 2.30. The van der Waals surface area contributed by atoms with Crippen LogP contribution in [0.15, 0.2) is 47.4 Å². The molecule has 18 heavy (non-hydrogen) atoms. The van der Waals surface area contributed by atoms with E-state index in [-0.39, 0.29) is 11.5 Å². The lowest BCUT2D eigenvalue weighted by Gasteiger charge is -1.95. The molecule has 3 aromatic rings. The fourth-order valence-corrected chi connectivity index (χ4v) is 2.05. The summed E-state index contributed by atoms with van der Waals surface area (Å²) >= 11 is 0. The topological polar surface area (TPSA) is 37.3 Å². The molecule has 0 aliphatic rings. The van der Waals surface area contributed by atoms with Crippen molar-refractivity contribution in [1.82, 2.24) is 9.38 Å². The summed E-state index contributed by atoms with van der Waals surface area (Å²) in [4.78, 5) is 14.5. The summed E-state index contributed by atoms with van der Waals surface area (Å²) in [5.41, 5.74) is 3.26. The van der Waals surface area contributed by atoms with E-state index in [2.05, 4.69) is 4.98 Å². The zero-order valence-corrected chi connectivity index (χ0v) is 9.77. The maximum absolute atomic E-state index is 12.9. The normalized spacial score (nSPS) is 11.0. The molecule has 3 nitrogen and oxygen atoms in total. The molecule has 0 atom stereocenters. The Morgan fingerprint density at radius 3 is 2.56 bits per heavy atom. The predicted octanol–water partition coefficient (Wildman–Crippen LogP) is 2.74. The minimum absolute atomic E-state index is 0.168. The van der Waals surface area contributed by atoms with Crippen LogP contribution in [0.2, 0.25) is 0 Å². The van der Waals surface area contributed by atoms with E-state index in [0.717, 1.165) is 22.3 Å². The monoisotopic (exact) mass is 242 g/mol. The molecule has 4 heteroatoms. The maximum atomic E-state index is 12.9. The van der Waals surface area contributed by atoms with Crippen molar-refractivity contribution < 1.29 is 4.39 Å². The van der Waals surface area contributed by atoms with Gasteiger partial charge >= 0.3 is 5.69 Å². The quantitative estimate of drug-likeness (QED) is 0.700. The lowest BCUT2D eigenvalue weighted by molar-refractivity contribution is 0.628. The third-order valence-electron chi connectivity index (χ3n) is 2.91. The van der Waals surface area contributed by atoms with Crippen LogP contribution in [-0.2, 0) is 0 Å². The molecule has 0 saturated carbocycles. The summed E-state index contributed by atoms with van der Waals surface area (Å²) in [7, 11) is 0. The van der Waals surface area contributed by atoms with Gasteiger partial charge in [0, 0.05) is 17.5 Å². The van der Waals surface area contributed by atoms with Crippen molar-refractivity contribution in [3.8, 4) is 11.1 Å². The van der Waals surface area contributed by atoms with E-state index in [1.807, 2.05) is 19.1 Å². The molecule has 90 valence electrons. The summed E-state index contributed by atoms with van der Waals surface area (Å²) in [5, 5.41) is 0. The molecule has 3 rings (SSSR count). The first-order valence-electron chi connectivity index (χ1n) is 5.61. The molecule has 1 aromatic carbocycles. The van der Waals surface area contributed by atoms with Crippen molar-refractivity contribution in [3.05, 3.63) is 64.6 Å². The molecule has 2 heterocycles. The second-order valence-electron chi connectivity index (χ2n) is 4.29. The van der Waals surface area contributed by atoms with Gasteiger partial charge in [-0.1, -0.05) is 12.1 Å². The van der Waals surface area contributed by atoms with Gasteiger partial charge in [0.05, 0.1) is 5.52 Å². The number of aromatic amines is 1. The fourth-order valence-electron chi connectivity index (χ4n) is 2.05. The first-order chi connectivity index (χ1) is 8.63. The van der Waals surface area contributed by atoms with Crippen molar-refractivity contribution >= 4 is 5.52 Å². The standard InChI is InChI=1S/C14H11FN2O/c1-9-6-13-7-11(8-17(13)14(18)16-9)10-2-4-12(15)5-3-10/h2-8H,1H3,(H,16,18). The fraction of sp³-hybridized carbons (Fsp3) is 0.0714. The van der Waals surface area contributed by atoms with Crippen LogP contribution in [0.1, 0.15) is 5.69 Å². The largest absolute Gasteiger partial charge is 0.330 e. The van der Waals surface area contributed by atoms with Crippen LogP contribution in [0.5, 0.6) is 0 Å². The third kappa shape index (κ3) is 1.72. The average molecular weight is 242 g/mol. The maximum Gasteiger partial charge on any atom is 0.330 e. The highest BCUT2D eigenvalue weighted by Crippen LogP contribution is 2.22. The number of hydrogen-bond acceptors (Lipinski definition) is 1. The number of aryl methyl sites for hydroxylation is 1. The Balaban J connectivity index is 2.22. The molecule has 0 fully saturated rings. The molecule has 0 spiro atoms. The smallest absolute Gasteiger partial charge is 0.311 e. The van der Waals surface area contributed by atoms with Gasteiger partial charge in [-0.15, -0.1) is 0 Å². The third-order valence-corrected chi connectivity index (χ3v) is 2.91. The molecule has 0 aliphatic heterocycles. The first-order valence-corrected chi connectivity index (χ1v) is 5.61. The van der Waals surface area contributed by atoms with Gasteiger partial charge in [0.15, 0.2) is 0 Å². The zero-order chi connectivity index (χ0) is 12.7. The molecule has 0 radical (unpaired) electrons. The molecule has 0 saturated heterocycles. The van der Waals surface area contributed by atoms with Gasteiger partial charge in [-0.05, 0) is 36.8 Å². The minimum atomic E-state index is -0.267. The molecular weight excluding hydrogens is 231 g/mol. The second-order valence-corrected chi connectivity index (χ2v) is 4.29. The van der Waals surface area contributed by atoms with E-state index in [9.17, 15) is 9.18 Å². The van der Waals surface area contributed by atoms with Gasteiger partial charge in [-0.2, -0.15) is 0 Å². The van der Waals surface area contributed by atoms with E-state index >= 15 is 0 Å². The number of rotatable bonds is 1. The van der Waals surface area contributed by atoms with E-state index in [4.69, 9.17) is 0 Å². The highest BCUT2D eigenvalue weighted by molar-refractivity contribution is 5.70. The van der Waals surface area contributed by atoms with E-state index in [1.54, 1.807) is 22.7 Å². The average Bonchev–Trinajstić information content (AvgIpc) is 2.74. The molecular formula is C14H11FN2O. The number of H-pyrrole nitrogens is 1. The summed E-state index contributed by atoms with van der Waals surface area (Å²) in [5.74, 6) is -0.267. The zero-order valence-electron chi connectivity index (χ0n) is 9.77. The summed E-state index contributed by atoms with van der Waals surface area (Å²) < 4.78 is 14.4. The molecule has 0 bridgehead atoms. The molecule has 1 N–H and O–H groups in total. The van der Waals surface area contributed by atoms with Crippen molar-refractivity contribution in [1.29, 1.82) is 0 Å².